The van der Waals surface area contributed by atoms with Gasteiger partial charge in [-0.05, 0) is 30.4 Å². The molecule has 0 fully saturated rings. The van der Waals surface area contributed by atoms with Gasteiger partial charge in [0.25, 0.3) is 0 Å². The van der Waals surface area contributed by atoms with E-state index in [0.29, 0.717) is 6.54 Å². The molecule has 0 aromatic heterocycles. The molecule has 0 amide bonds. The Labute approximate surface area is 112 Å². The second-order valence-corrected chi connectivity index (χ2v) is 4.64. The van der Waals surface area contributed by atoms with E-state index >= 15 is 0 Å². The van der Waals surface area contributed by atoms with Gasteiger partial charge in [0.1, 0.15) is 11.5 Å². The van der Waals surface area contributed by atoms with E-state index in [1.54, 1.807) is 37.9 Å². The van der Waals surface area contributed by atoms with Gasteiger partial charge in [-0.3, -0.25) is 0 Å². The number of ether oxygens (including phenoxy) is 2. The number of thioether (sulfide) groups is 1. The third-order valence-electron chi connectivity index (χ3n) is 2.67. The number of likely N-dealkylation sites (N-methyl/N-ethyl adjacent to an activating group) is 1. The summed E-state index contributed by atoms with van der Waals surface area (Å²) in [4.78, 5) is 2.64. The van der Waals surface area contributed by atoms with E-state index in [9.17, 15) is 0 Å². The van der Waals surface area contributed by atoms with Gasteiger partial charge in [0.15, 0.2) is 6.19 Å². The van der Waals surface area contributed by atoms with Crippen molar-refractivity contribution in [2.75, 3.05) is 34.1 Å². The number of hydrogen-bond donors (Lipinski definition) is 0. The summed E-state index contributed by atoms with van der Waals surface area (Å²) in [5.74, 6) is 1.68. The number of methoxy groups -OCH3 is 2. The highest BCUT2D eigenvalue weighted by molar-refractivity contribution is 7.98. The van der Waals surface area contributed by atoms with Gasteiger partial charge in [0, 0.05) is 13.6 Å². The summed E-state index contributed by atoms with van der Waals surface area (Å²) < 4.78 is 10.7. The van der Waals surface area contributed by atoms with Crippen molar-refractivity contribution in [1.82, 2.24) is 4.90 Å². The SMILES string of the molecule is COc1cc(SC)c(OC)cc1CCN(C)C#N. The molecule has 0 saturated heterocycles. The third kappa shape index (κ3) is 3.47. The van der Waals surface area contributed by atoms with E-state index in [-0.39, 0.29) is 0 Å². The standard InChI is InChI=1S/C13H18N2O2S/c1-15(9-14)6-5-10-7-12(17-3)13(18-4)8-11(10)16-2/h7-8H,5-6H2,1-4H3. The Balaban J connectivity index is 2.99. The Morgan fingerprint density at radius 2 is 1.94 bits per heavy atom. The van der Waals surface area contributed by atoms with Crippen LogP contribution in [0, 0.1) is 11.5 Å². The Hall–Kier alpha value is -1.54. The van der Waals surface area contributed by atoms with E-state index in [2.05, 4.69) is 6.19 Å². The van der Waals surface area contributed by atoms with Gasteiger partial charge >= 0.3 is 0 Å². The summed E-state index contributed by atoms with van der Waals surface area (Å²) in [5.41, 5.74) is 1.05. The summed E-state index contributed by atoms with van der Waals surface area (Å²) in [5, 5.41) is 8.74. The molecule has 18 heavy (non-hydrogen) atoms. The fraction of sp³-hybridized carbons (Fsp3) is 0.462. The molecule has 0 aliphatic carbocycles. The fourth-order valence-corrected chi connectivity index (χ4v) is 2.19. The van der Waals surface area contributed by atoms with Crippen LogP contribution < -0.4 is 9.47 Å². The van der Waals surface area contributed by atoms with Crippen molar-refractivity contribution >= 4 is 11.8 Å². The lowest BCUT2D eigenvalue weighted by Gasteiger charge is -2.15. The van der Waals surface area contributed by atoms with Crippen LogP contribution in [0.2, 0.25) is 0 Å². The highest BCUT2D eigenvalue weighted by atomic mass is 32.2. The monoisotopic (exact) mass is 266 g/mol. The summed E-state index contributed by atoms with van der Waals surface area (Å²) in [6.07, 6.45) is 4.83. The van der Waals surface area contributed by atoms with E-state index < -0.39 is 0 Å². The van der Waals surface area contributed by atoms with E-state index in [4.69, 9.17) is 14.7 Å². The molecule has 0 heterocycles. The maximum Gasteiger partial charge on any atom is 0.179 e. The summed E-state index contributed by atoms with van der Waals surface area (Å²) in [6.45, 7) is 0.661. The molecule has 0 atom stereocenters. The smallest absolute Gasteiger partial charge is 0.179 e. The molecule has 98 valence electrons. The van der Waals surface area contributed by atoms with Crippen LogP contribution >= 0.6 is 11.8 Å². The molecule has 1 aromatic carbocycles. The molecule has 0 saturated carbocycles. The van der Waals surface area contributed by atoms with Crippen molar-refractivity contribution in [3.8, 4) is 17.7 Å². The normalized spacial score (nSPS) is 9.72. The lowest BCUT2D eigenvalue weighted by molar-refractivity contribution is 0.387. The predicted molar refractivity (Wildman–Crippen MR) is 73.3 cm³/mol. The molecule has 0 aliphatic rings. The number of benzene rings is 1. The first-order valence-electron chi connectivity index (χ1n) is 5.56. The Morgan fingerprint density at radius 3 is 2.44 bits per heavy atom. The van der Waals surface area contributed by atoms with E-state index in [1.807, 2.05) is 18.4 Å². The molecule has 0 spiro atoms. The summed E-state index contributed by atoms with van der Waals surface area (Å²) in [6, 6.07) is 3.96. The van der Waals surface area contributed by atoms with Crippen molar-refractivity contribution in [1.29, 1.82) is 5.26 Å². The molecule has 5 heteroatoms. The van der Waals surface area contributed by atoms with Crippen LogP contribution in [0.4, 0.5) is 0 Å². The van der Waals surface area contributed by atoms with E-state index in [1.165, 1.54) is 0 Å². The van der Waals surface area contributed by atoms with Gasteiger partial charge in [0.05, 0.1) is 19.1 Å². The molecule has 0 N–H and O–H groups in total. The Morgan fingerprint density at radius 1 is 1.28 bits per heavy atom. The van der Waals surface area contributed by atoms with Crippen molar-refractivity contribution in [2.24, 2.45) is 0 Å². The van der Waals surface area contributed by atoms with E-state index in [0.717, 1.165) is 28.4 Å². The minimum absolute atomic E-state index is 0.661. The number of hydrogen-bond acceptors (Lipinski definition) is 5. The zero-order chi connectivity index (χ0) is 13.5. The predicted octanol–water partition coefficient (Wildman–Crippen LogP) is 2.38. The zero-order valence-corrected chi connectivity index (χ0v) is 12.0. The van der Waals surface area contributed by atoms with Gasteiger partial charge in [-0.25, -0.2) is 0 Å². The van der Waals surface area contributed by atoms with Crippen molar-refractivity contribution < 1.29 is 9.47 Å². The first kappa shape index (κ1) is 14.5. The zero-order valence-electron chi connectivity index (χ0n) is 11.2. The molecular formula is C13H18N2O2S. The van der Waals surface area contributed by atoms with Crippen LogP contribution in [-0.2, 0) is 6.42 Å². The summed E-state index contributed by atoms with van der Waals surface area (Å²) in [7, 11) is 5.08. The third-order valence-corrected chi connectivity index (χ3v) is 3.43. The Kier molecular flexibility index (Phi) is 5.66. The van der Waals surface area contributed by atoms with Gasteiger partial charge in [-0.15, -0.1) is 11.8 Å². The van der Waals surface area contributed by atoms with Crippen molar-refractivity contribution in [2.45, 2.75) is 11.3 Å². The molecule has 0 radical (unpaired) electrons. The van der Waals surface area contributed by atoms with Gasteiger partial charge in [0.2, 0.25) is 0 Å². The average molecular weight is 266 g/mol. The maximum atomic E-state index is 8.74. The first-order valence-corrected chi connectivity index (χ1v) is 6.78. The number of rotatable bonds is 6. The van der Waals surface area contributed by atoms with Gasteiger partial charge in [-0.1, -0.05) is 0 Å². The number of nitriles is 1. The molecular weight excluding hydrogens is 248 g/mol. The quantitative estimate of drug-likeness (QED) is 0.449. The topological polar surface area (TPSA) is 45.5 Å². The summed E-state index contributed by atoms with van der Waals surface area (Å²) >= 11 is 1.62. The van der Waals surface area contributed by atoms with Crippen LogP contribution in [0.25, 0.3) is 0 Å². The molecule has 0 bridgehead atoms. The van der Waals surface area contributed by atoms with Crippen LogP contribution in [-0.4, -0.2) is 39.0 Å². The average Bonchev–Trinajstić information content (AvgIpc) is 2.43. The van der Waals surface area contributed by atoms with Gasteiger partial charge in [-0.2, -0.15) is 5.26 Å². The van der Waals surface area contributed by atoms with Crippen molar-refractivity contribution in [3.05, 3.63) is 17.7 Å². The minimum atomic E-state index is 0.661. The molecule has 1 aromatic rings. The minimum Gasteiger partial charge on any atom is -0.496 e. The largest absolute Gasteiger partial charge is 0.496 e. The Bertz CT molecular complexity index is 443. The molecule has 1 rings (SSSR count). The first-order chi connectivity index (χ1) is 8.65. The lowest BCUT2D eigenvalue weighted by Crippen LogP contribution is -2.15. The second kappa shape index (κ2) is 7.02. The molecule has 0 unspecified atom stereocenters. The highest BCUT2D eigenvalue weighted by Crippen LogP contribution is 2.34. The number of nitrogens with zero attached hydrogens (tertiary/aromatic N) is 2. The fourth-order valence-electron chi connectivity index (χ4n) is 1.63. The van der Waals surface area contributed by atoms with Crippen molar-refractivity contribution in [3.63, 3.8) is 0 Å². The van der Waals surface area contributed by atoms with Gasteiger partial charge < -0.3 is 14.4 Å². The van der Waals surface area contributed by atoms with Crippen LogP contribution in [0.15, 0.2) is 17.0 Å². The maximum absolute atomic E-state index is 8.74. The molecule has 4 nitrogen and oxygen atoms in total. The van der Waals surface area contributed by atoms with Crippen LogP contribution in [0.5, 0.6) is 11.5 Å². The molecule has 0 aliphatic heterocycles. The van der Waals surface area contributed by atoms with Crippen LogP contribution in [0.1, 0.15) is 5.56 Å². The lowest BCUT2D eigenvalue weighted by atomic mass is 10.1. The highest BCUT2D eigenvalue weighted by Gasteiger charge is 2.11. The van der Waals surface area contributed by atoms with Crippen LogP contribution in [0.3, 0.4) is 0 Å². The second-order valence-electron chi connectivity index (χ2n) is 3.79.